The Bertz CT molecular complexity index is 884. The molecule has 130 valence electrons. The minimum Gasteiger partial charge on any atom is -0.302 e. The van der Waals surface area contributed by atoms with Crippen LogP contribution in [0.15, 0.2) is 29.6 Å². The summed E-state index contributed by atoms with van der Waals surface area (Å²) in [7, 11) is 0. The molecule has 0 spiro atoms. The van der Waals surface area contributed by atoms with E-state index in [0.717, 1.165) is 26.8 Å². The number of rotatable bonds is 5. The molecule has 7 heteroatoms. The molecule has 0 atom stereocenters. The summed E-state index contributed by atoms with van der Waals surface area (Å²) >= 11 is 2.98. The third-order valence-corrected chi connectivity index (χ3v) is 5.65. The molecule has 0 saturated heterocycles. The van der Waals surface area contributed by atoms with Gasteiger partial charge in [0, 0.05) is 21.7 Å². The first-order valence-corrected chi connectivity index (χ1v) is 9.59. The number of hydrogen-bond donors (Lipinski definition) is 1. The van der Waals surface area contributed by atoms with Crippen LogP contribution >= 0.6 is 22.7 Å². The average Bonchev–Trinajstić information content (AvgIpc) is 3.15. The number of carbonyl (C=O) groups is 1. The Hall–Kier alpha value is -2.12. The van der Waals surface area contributed by atoms with Gasteiger partial charge in [-0.2, -0.15) is 0 Å². The fourth-order valence-corrected chi connectivity index (χ4v) is 4.01. The zero-order valence-corrected chi connectivity index (χ0v) is 15.8. The molecule has 0 saturated carbocycles. The molecule has 25 heavy (non-hydrogen) atoms. The van der Waals surface area contributed by atoms with Crippen LogP contribution in [0.2, 0.25) is 0 Å². The lowest BCUT2D eigenvalue weighted by Gasteiger charge is -2.00. The lowest BCUT2D eigenvalue weighted by molar-refractivity contribution is -0.115. The zero-order chi connectivity index (χ0) is 18.0. The van der Waals surface area contributed by atoms with Crippen molar-refractivity contribution in [3.63, 3.8) is 0 Å². The maximum absolute atomic E-state index is 13.1. The number of carbonyl (C=O) groups excluding carboxylic acids is 1. The van der Waals surface area contributed by atoms with Crippen LogP contribution in [0.1, 0.15) is 35.3 Å². The smallest absolute Gasteiger partial charge is 0.232 e. The molecule has 3 rings (SSSR count). The van der Waals surface area contributed by atoms with Gasteiger partial charge in [0.25, 0.3) is 0 Å². The van der Waals surface area contributed by atoms with Gasteiger partial charge in [-0.05, 0) is 31.2 Å². The van der Waals surface area contributed by atoms with Gasteiger partial charge in [-0.3, -0.25) is 4.79 Å². The predicted octanol–water partition coefficient (Wildman–Crippen LogP) is 5.02. The van der Waals surface area contributed by atoms with Crippen molar-refractivity contribution in [3.05, 3.63) is 51.0 Å². The Balaban J connectivity index is 1.69. The first-order valence-electron chi connectivity index (χ1n) is 7.90. The average molecular weight is 375 g/mol. The van der Waals surface area contributed by atoms with Crippen molar-refractivity contribution in [2.24, 2.45) is 0 Å². The van der Waals surface area contributed by atoms with E-state index < -0.39 is 0 Å². The molecule has 0 bridgehead atoms. The highest BCUT2D eigenvalue weighted by atomic mass is 32.1. The maximum atomic E-state index is 13.1. The van der Waals surface area contributed by atoms with E-state index in [4.69, 9.17) is 0 Å². The number of nitrogens with one attached hydrogen (secondary N) is 1. The van der Waals surface area contributed by atoms with Gasteiger partial charge in [-0.1, -0.05) is 13.8 Å². The topological polar surface area (TPSA) is 54.9 Å². The molecule has 1 amide bonds. The van der Waals surface area contributed by atoms with Crippen LogP contribution < -0.4 is 5.32 Å². The van der Waals surface area contributed by atoms with Crippen LogP contribution in [0.4, 0.5) is 9.52 Å². The van der Waals surface area contributed by atoms with Crippen molar-refractivity contribution in [1.29, 1.82) is 0 Å². The number of aromatic nitrogens is 2. The van der Waals surface area contributed by atoms with Crippen LogP contribution in [-0.4, -0.2) is 15.9 Å². The van der Waals surface area contributed by atoms with E-state index in [2.05, 4.69) is 29.1 Å². The quantitative estimate of drug-likeness (QED) is 0.681. The molecule has 1 aromatic carbocycles. The van der Waals surface area contributed by atoms with Crippen molar-refractivity contribution in [2.75, 3.05) is 5.32 Å². The standard InChI is InChI=1S/C18H18FN3OS2/c1-10(2)17-20-14(9-24-17)8-15(23)21-18-22-16(11(3)25-18)12-4-6-13(19)7-5-12/h4-7,9-10H,8H2,1-3H3,(H,21,22,23). The molecule has 4 nitrogen and oxygen atoms in total. The number of hydrogen-bond acceptors (Lipinski definition) is 5. The largest absolute Gasteiger partial charge is 0.302 e. The summed E-state index contributed by atoms with van der Waals surface area (Å²) in [6, 6.07) is 6.18. The number of anilines is 1. The Kier molecular flexibility index (Phi) is 5.24. The molecule has 1 N–H and O–H groups in total. The molecule has 3 aromatic rings. The molecule has 0 aliphatic rings. The monoisotopic (exact) mass is 375 g/mol. The fourth-order valence-electron chi connectivity index (χ4n) is 2.32. The molecule has 0 aliphatic heterocycles. The van der Waals surface area contributed by atoms with Gasteiger partial charge in [0.1, 0.15) is 5.82 Å². The van der Waals surface area contributed by atoms with Crippen molar-refractivity contribution < 1.29 is 9.18 Å². The number of benzene rings is 1. The molecule has 0 fully saturated rings. The van der Waals surface area contributed by atoms with Gasteiger partial charge >= 0.3 is 0 Å². The second-order valence-corrected chi connectivity index (χ2v) is 8.08. The number of nitrogens with zero attached hydrogens (tertiary/aromatic N) is 2. The third kappa shape index (κ3) is 4.29. The van der Waals surface area contributed by atoms with Gasteiger partial charge in [0.15, 0.2) is 5.13 Å². The highest BCUT2D eigenvalue weighted by Crippen LogP contribution is 2.30. The SMILES string of the molecule is Cc1sc(NC(=O)Cc2csc(C(C)C)n2)nc1-c1ccc(F)cc1. The predicted molar refractivity (Wildman–Crippen MR) is 101 cm³/mol. The lowest BCUT2D eigenvalue weighted by Crippen LogP contribution is -2.14. The second-order valence-electron chi connectivity index (χ2n) is 5.99. The number of thiazole rings is 2. The van der Waals surface area contributed by atoms with Gasteiger partial charge in [0.05, 0.1) is 22.8 Å². The molecular weight excluding hydrogens is 357 g/mol. The lowest BCUT2D eigenvalue weighted by atomic mass is 10.1. The van der Waals surface area contributed by atoms with Crippen molar-refractivity contribution in [3.8, 4) is 11.3 Å². The summed E-state index contributed by atoms with van der Waals surface area (Å²) in [5.74, 6) is -0.0594. The van der Waals surface area contributed by atoms with Gasteiger partial charge in [-0.25, -0.2) is 14.4 Å². The van der Waals surface area contributed by atoms with Gasteiger partial charge in [0.2, 0.25) is 5.91 Å². The first-order chi connectivity index (χ1) is 11.9. The third-order valence-electron chi connectivity index (χ3n) is 3.57. The van der Waals surface area contributed by atoms with E-state index in [1.165, 1.54) is 23.5 Å². The summed E-state index contributed by atoms with van der Waals surface area (Å²) in [6.07, 6.45) is 0.230. The Morgan fingerprint density at radius 3 is 2.60 bits per heavy atom. The molecule has 2 heterocycles. The van der Waals surface area contributed by atoms with E-state index in [1.807, 2.05) is 12.3 Å². The second kappa shape index (κ2) is 7.41. The van der Waals surface area contributed by atoms with E-state index in [9.17, 15) is 9.18 Å². The fraction of sp³-hybridized carbons (Fsp3) is 0.278. The molecule has 2 aromatic heterocycles. The van der Waals surface area contributed by atoms with Gasteiger partial charge < -0.3 is 5.32 Å². The minimum absolute atomic E-state index is 0.139. The molecule has 0 radical (unpaired) electrons. The highest BCUT2D eigenvalue weighted by molar-refractivity contribution is 7.16. The van der Waals surface area contributed by atoms with Crippen LogP contribution in [0.25, 0.3) is 11.3 Å². The van der Waals surface area contributed by atoms with Crippen LogP contribution in [-0.2, 0) is 11.2 Å². The molecular formula is C18H18FN3OS2. The minimum atomic E-state index is -0.283. The van der Waals surface area contributed by atoms with Crippen molar-refractivity contribution >= 4 is 33.7 Å². The normalized spacial score (nSPS) is 11.1. The zero-order valence-electron chi connectivity index (χ0n) is 14.2. The highest BCUT2D eigenvalue weighted by Gasteiger charge is 2.14. The van der Waals surface area contributed by atoms with Crippen molar-refractivity contribution in [1.82, 2.24) is 9.97 Å². The molecule has 0 unspecified atom stereocenters. The van der Waals surface area contributed by atoms with Crippen LogP contribution in [0.3, 0.4) is 0 Å². The van der Waals surface area contributed by atoms with Crippen molar-refractivity contribution in [2.45, 2.75) is 33.1 Å². The summed E-state index contributed by atoms with van der Waals surface area (Å²) in [5, 5.41) is 6.33. The van der Waals surface area contributed by atoms with E-state index in [-0.39, 0.29) is 18.1 Å². The van der Waals surface area contributed by atoms with Gasteiger partial charge in [-0.15, -0.1) is 22.7 Å². The summed E-state index contributed by atoms with van der Waals surface area (Å²) < 4.78 is 13.1. The van der Waals surface area contributed by atoms with E-state index in [1.54, 1.807) is 23.5 Å². The first kappa shape index (κ1) is 17.7. The number of halogens is 1. The van der Waals surface area contributed by atoms with Crippen LogP contribution in [0.5, 0.6) is 0 Å². The summed E-state index contributed by atoms with van der Waals surface area (Å²) in [4.78, 5) is 22.1. The Morgan fingerprint density at radius 2 is 1.96 bits per heavy atom. The van der Waals surface area contributed by atoms with E-state index in [0.29, 0.717) is 11.0 Å². The maximum Gasteiger partial charge on any atom is 0.232 e. The Morgan fingerprint density at radius 1 is 1.24 bits per heavy atom. The number of aryl methyl sites for hydroxylation is 1. The molecule has 0 aliphatic carbocycles. The summed E-state index contributed by atoms with van der Waals surface area (Å²) in [5.41, 5.74) is 2.37. The van der Waals surface area contributed by atoms with E-state index >= 15 is 0 Å². The number of amides is 1. The summed E-state index contributed by atoms with van der Waals surface area (Å²) in [6.45, 7) is 6.09. The van der Waals surface area contributed by atoms with Crippen LogP contribution in [0, 0.1) is 12.7 Å². The Labute approximate surface area is 153 Å².